The van der Waals surface area contributed by atoms with Crippen molar-refractivity contribution in [2.75, 3.05) is 19.0 Å². The Morgan fingerprint density at radius 2 is 2.10 bits per heavy atom. The van der Waals surface area contributed by atoms with Crippen LogP contribution in [0.15, 0.2) is 6.33 Å². The predicted molar refractivity (Wildman–Crippen MR) is 81.7 cm³/mol. The Morgan fingerprint density at radius 1 is 1.38 bits per heavy atom. The van der Waals surface area contributed by atoms with Gasteiger partial charge in [-0.25, -0.2) is 4.98 Å². The highest BCUT2D eigenvalue weighted by atomic mass is 16.6. The van der Waals surface area contributed by atoms with Crippen LogP contribution in [0.4, 0.5) is 11.5 Å². The number of nitrogens with zero attached hydrogens (tertiary/aromatic N) is 3. The van der Waals surface area contributed by atoms with Crippen LogP contribution in [0.25, 0.3) is 0 Å². The quantitative estimate of drug-likeness (QED) is 0.426. The van der Waals surface area contributed by atoms with Gasteiger partial charge in [-0.05, 0) is 11.8 Å². The van der Waals surface area contributed by atoms with Crippen LogP contribution < -0.4 is 10.1 Å². The Bertz CT molecular complexity index is 477. The number of hydrogen-bond acceptors (Lipinski definition) is 6. The van der Waals surface area contributed by atoms with Crippen LogP contribution in [0.3, 0.4) is 0 Å². The summed E-state index contributed by atoms with van der Waals surface area (Å²) < 4.78 is 4.93. The van der Waals surface area contributed by atoms with E-state index in [0.717, 1.165) is 12.8 Å². The Morgan fingerprint density at radius 3 is 2.67 bits per heavy atom. The van der Waals surface area contributed by atoms with E-state index in [2.05, 4.69) is 36.1 Å². The molecule has 0 bridgehead atoms. The molecule has 1 N–H and O–H groups in total. The summed E-state index contributed by atoms with van der Waals surface area (Å²) >= 11 is 0. The third-order valence-electron chi connectivity index (χ3n) is 3.36. The Balaban J connectivity index is 2.77. The molecule has 7 nitrogen and oxygen atoms in total. The summed E-state index contributed by atoms with van der Waals surface area (Å²) in [5.74, 6) is 0.178. The van der Waals surface area contributed by atoms with Crippen molar-refractivity contribution in [3.8, 4) is 5.88 Å². The monoisotopic (exact) mass is 296 g/mol. The van der Waals surface area contributed by atoms with Crippen LogP contribution in [-0.4, -0.2) is 28.5 Å². The molecule has 1 rings (SSSR count). The molecule has 0 amide bonds. The summed E-state index contributed by atoms with van der Waals surface area (Å²) in [6.45, 7) is 7.05. The third kappa shape index (κ3) is 5.17. The van der Waals surface area contributed by atoms with Crippen LogP contribution in [-0.2, 0) is 0 Å². The molecule has 1 aromatic rings. The molecule has 21 heavy (non-hydrogen) atoms. The highest BCUT2D eigenvalue weighted by Crippen LogP contribution is 2.32. The van der Waals surface area contributed by atoms with Gasteiger partial charge in [0.05, 0.1) is 12.0 Å². The van der Waals surface area contributed by atoms with Crippen LogP contribution in [0.5, 0.6) is 5.88 Å². The van der Waals surface area contributed by atoms with Crippen molar-refractivity contribution in [2.45, 2.75) is 46.5 Å². The minimum atomic E-state index is -0.523. The molecule has 1 aromatic heterocycles. The first-order valence-electron chi connectivity index (χ1n) is 7.18. The topological polar surface area (TPSA) is 90.2 Å². The highest BCUT2D eigenvalue weighted by Gasteiger charge is 2.25. The smallest absolute Gasteiger partial charge is 0.372 e. The van der Waals surface area contributed by atoms with E-state index in [4.69, 9.17) is 4.74 Å². The number of nitrogens with one attached hydrogen (secondary N) is 1. The van der Waals surface area contributed by atoms with Crippen molar-refractivity contribution >= 4 is 11.5 Å². The highest BCUT2D eigenvalue weighted by molar-refractivity contribution is 5.61. The fraction of sp³-hybridized carbons (Fsp3) is 0.714. The van der Waals surface area contributed by atoms with Gasteiger partial charge < -0.3 is 10.1 Å². The summed E-state index contributed by atoms with van der Waals surface area (Å²) in [6.07, 6.45) is 5.85. The first kappa shape index (κ1) is 17.1. The number of anilines is 1. The summed E-state index contributed by atoms with van der Waals surface area (Å²) in [6, 6.07) is 0. The summed E-state index contributed by atoms with van der Waals surface area (Å²) in [4.78, 5) is 18.4. The lowest BCUT2D eigenvalue weighted by atomic mass is 9.87. The maximum absolute atomic E-state index is 11.1. The van der Waals surface area contributed by atoms with Gasteiger partial charge in [0.2, 0.25) is 5.82 Å². The number of ether oxygens (including phenoxy) is 1. The summed E-state index contributed by atoms with van der Waals surface area (Å²) in [5.41, 5.74) is -0.175. The molecular formula is C14H24N4O3. The second-order valence-electron chi connectivity index (χ2n) is 5.81. The normalized spacial score (nSPS) is 11.2. The number of rotatable bonds is 9. The molecule has 1 heterocycles. The molecule has 118 valence electrons. The second-order valence-corrected chi connectivity index (χ2v) is 5.81. The van der Waals surface area contributed by atoms with Crippen molar-refractivity contribution in [3.63, 3.8) is 0 Å². The average Bonchev–Trinajstić information content (AvgIpc) is 2.44. The molecule has 0 radical (unpaired) electrons. The van der Waals surface area contributed by atoms with Crippen LogP contribution >= 0.6 is 0 Å². The molecule has 0 aliphatic rings. The van der Waals surface area contributed by atoms with Crippen LogP contribution in [0.2, 0.25) is 0 Å². The van der Waals surface area contributed by atoms with E-state index in [-0.39, 0.29) is 22.8 Å². The van der Waals surface area contributed by atoms with Crippen molar-refractivity contribution in [2.24, 2.45) is 5.41 Å². The maximum Gasteiger partial charge on any atom is 0.372 e. The van der Waals surface area contributed by atoms with Crippen LogP contribution in [0, 0.1) is 15.5 Å². The zero-order valence-corrected chi connectivity index (χ0v) is 13.2. The lowest BCUT2D eigenvalue weighted by molar-refractivity contribution is -0.385. The number of unbranched alkanes of at least 4 members (excludes halogenated alkanes) is 2. The molecule has 0 aliphatic heterocycles. The van der Waals surface area contributed by atoms with Gasteiger partial charge in [-0.2, -0.15) is 4.98 Å². The number of methoxy groups -OCH3 is 1. The number of nitro groups is 1. The van der Waals surface area contributed by atoms with E-state index < -0.39 is 4.92 Å². The fourth-order valence-corrected chi connectivity index (χ4v) is 2.07. The first-order valence-corrected chi connectivity index (χ1v) is 7.18. The maximum atomic E-state index is 11.1. The predicted octanol–water partition coefficient (Wildman–Crippen LogP) is 3.41. The summed E-state index contributed by atoms with van der Waals surface area (Å²) in [5, 5.41) is 14.2. The zero-order valence-electron chi connectivity index (χ0n) is 13.2. The molecule has 0 saturated carbocycles. The van der Waals surface area contributed by atoms with E-state index in [0.29, 0.717) is 6.54 Å². The van der Waals surface area contributed by atoms with Gasteiger partial charge >= 0.3 is 5.69 Å². The van der Waals surface area contributed by atoms with E-state index in [9.17, 15) is 10.1 Å². The molecule has 0 aliphatic carbocycles. The van der Waals surface area contributed by atoms with Gasteiger partial charge in [-0.1, -0.05) is 40.0 Å². The SMILES string of the molecule is CCCCCC(C)(C)CNc1ncnc(OC)c1[N+](=O)[O-]. The Labute approximate surface area is 125 Å². The van der Waals surface area contributed by atoms with Crippen molar-refractivity contribution in [3.05, 3.63) is 16.4 Å². The molecule has 0 aromatic carbocycles. The molecule has 0 fully saturated rings. The van der Waals surface area contributed by atoms with E-state index in [1.54, 1.807) is 0 Å². The lowest BCUT2D eigenvalue weighted by Crippen LogP contribution is -2.24. The minimum Gasteiger partial charge on any atom is -0.476 e. The third-order valence-corrected chi connectivity index (χ3v) is 3.36. The van der Waals surface area contributed by atoms with Crippen LogP contribution in [0.1, 0.15) is 46.5 Å². The van der Waals surface area contributed by atoms with E-state index in [1.165, 1.54) is 26.3 Å². The standard InChI is InChI=1S/C14H24N4O3/c1-5-6-7-8-14(2,3)9-15-12-11(18(19)20)13(21-4)17-10-16-12/h10H,5-9H2,1-4H3,(H,15,16,17). The van der Waals surface area contributed by atoms with Gasteiger partial charge in [0.1, 0.15) is 6.33 Å². The molecule has 0 unspecified atom stereocenters. The van der Waals surface area contributed by atoms with Gasteiger partial charge in [0.25, 0.3) is 5.88 Å². The first-order chi connectivity index (χ1) is 9.91. The van der Waals surface area contributed by atoms with Gasteiger partial charge in [-0.15, -0.1) is 0 Å². The fourth-order valence-electron chi connectivity index (χ4n) is 2.07. The Kier molecular flexibility index (Phi) is 6.33. The lowest BCUT2D eigenvalue weighted by Gasteiger charge is -2.25. The average molecular weight is 296 g/mol. The van der Waals surface area contributed by atoms with E-state index in [1.807, 2.05) is 0 Å². The molecular weight excluding hydrogens is 272 g/mol. The Hall–Kier alpha value is -1.92. The molecule has 0 spiro atoms. The molecule has 0 saturated heterocycles. The van der Waals surface area contributed by atoms with Crippen molar-refractivity contribution in [1.29, 1.82) is 0 Å². The zero-order chi connectivity index (χ0) is 15.9. The van der Waals surface area contributed by atoms with Gasteiger partial charge in [-0.3, -0.25) is 10.1 Å². The largest absolute Gasteiger partial charge is 0.476 e. The number of hydrogen-bond donors (Lipinski definition) is 1. The van der Waals surface area contributed by atoms with Crippen molar-refractivity contribution in [1.82, 2.24) is 9.97 Å². The number of aromatic nitrogens is 2. The van der Waals surface area contributed by atoms with Gasteiger partial charge in [0, 0.05) is 6.54 Å². The van der Waals surface area contributed by atoms with E-state index >= 15 is 0 Å². The summed E-state index contributed by atoms with van der Waals surface area (Å²) in [7, 11) is 1.35. The van der Waals surface area contributed by atoms with Gasteiger partial charge in [0.15, 0.2) is 0 Å². The molecule has 7 heteroatoms. The molecule has 0 atom stereocenters. The van der Waals surface area contributed by atoms with Crippen molar-refractivity contribution < 1.29 is 9.66 Å². The minimum absolute atomic E-state index is 0.0266. The second kappa shape index (κ2) is 7.75.